The van der Waals surface area contributed by atoms with Crippen molar-refractivity contribution in [3.8, 4) is 22.5 Å². The lowest BCUT2D eigenvalue weighted by Gasteiger charge is -2.13. The molecule has 1 aliphatic heterocycles. The lowest BCUT2D eigenvalue weighted by molar-refractivity contribution is -0.115. The summed E-state index contributed by atoms with van der Waals surface area (Å²) in [6.07, 6.45) is 1.55. The Labute approximate surface area is 142 Å². The summed E-state index contributed by atoms with van der Waals surface area (Å²) in [5.41, 5.74) is 3.40. The number of aromatic amines is 1. The molecule has 1 aromatic heterocycles. The summed E-state index contributed by atoms with van der Waals surface area (Å²) in [7, 11) is 0. The molecule has 0 saturated carbocycles. The number of amides is 1. The van der Waals surface area contributed by atoms with Crippen molar-refractivity contribution < 1.29 is 4.79 Å². The monoisotopic (exact) mass is 338 g/mol. The Hall–Kier alpha value is -3.06. The van der Waals surface area contributed by atoms with Crippen molar-refractivity contribution >= 4 is 29.5 Å². The molecule has 1 N–H and O–H groups in total. The molecule has 118 valence electrons. The fourth-order valence-corrected chi connectivity index (χ4v) is 2.82. The highest BCUT2D eigenvalue weighted by atomic mass is 35.5. The number of aliphatic imine (C=N–C) groups is 1. The van der Waals surface area contributed by atoms with E-state index in [0.29, 0.717) is 10.8 Å². The molecule has 0 fully saturated rings. The van der Waals surface area contributed by atoms with Crippen molar-refractivity contribution in [3.63, 3.8) is 0 Å². The van der Waals surface area contributed by atoms with Crippen LogP contribution in [0.15, 0.2) is 47.5 Å². The number of nitrogens with one attached hydrogen (secondary N) is 1. The first-order chi connectivity index (χ1) is 11.7. The molecule has 2 aromatic carbocycles. The van der Waals surface area contributed by atoms with Gasteiger partial charge in [-0.1, -0.05) is 35.9 Å². The minimum Gasteiger partial charge on any atom is -0.272 e. The van der Waals surface area contributed by atoms with Gasteiger partial charge in [0.05, 0.1) is 6.34 Å². The second-order valence-corrected chi connectivity index (χ2v) is 5.60. The number of halogens is 1. The van der Waals surface area contributed by atoms with Crippen molar-refractivity contribution in [2.45, 2.75) is 0 Å². The largest absolute Gasteiger partial charge is 0.272 e. The lowest BCUT2D eigenvalue weighted by Crippen LogP contribution is -2.25. The second kappa shape index (κ2) is 5.86. The number of benzene rings is 2. The van der Waals surface area contributed by atoms with Gasteiger partial charge in [-0.25, -0.2) is 0 Å². The SMILES string of the molecule is O=C1CN=CN1c1ccc(-c2ccc(-c3nn[nH]n3)cc2Cl)cc1. The number of rotatable bonds is 3. The molecular formula is C16H11ClN6O. The Balaban J connectivity index is 1.64. The number of hydrogen-bond acceptors (Lipinski definition) is 5. The molecule has 1 aliphatic rings. The van der Waals surface area contributed by atoms with Gasteiger partial charge in [-0.2, -0.15) is 5.21 Å². The molecule has 2 heterocycles. The van der Waals surface area contributed by atoms with Crippen molar-refractivity contribution in [1.82, 2.24) is 20.6 Å². The molecule has 0 spiro atoms. The predicted molar refractivity (Wildman–Crippen MR) is 90.9 cm³/mol. The first-order valence-corrected chi connectivity index (χ1v) is 7.56. The number of hydrogen-bond donors (Lipinski definition) is 1. The van der Waals surface area contributed by atoms with Gasteiger partial charge in [0, 0.05) is 21.8 Å². The predicted octanol–water partition coefficient (Wildman–Crippen LogP) is 2.56. The molecule has 24 heavy (non-hydrogen) atoms. The van der Waals surface area contributed by atoms with E-state index in [-0.39, 0.29) is 12.5 Å². The van der Waals surface area contributed by atoms with Crippen LogP contribution in [0.2, 0.25) is 5.02 Å². The zero-order chi connectivity index (χ0) is 16.5. The molecule has 0 atom stereocenters. The molecule has 8 heteroatoms. The Morgan fingerprint density at radius 2 is 1.88 bits per heavy atom. The fraction of sp³-hybridized carbons (Fsp3) is 0.0625. The third kappa shape index (κ3) is 2.55. The Morgan fingerprint density at radius 3 is 2.50 bits per heavy atom. The van der Waals surface area contributed by atoms with E-state index in [1.807, 2.05) is 36.4 Å². The van der Waals surface area contributed by atoms with E-state index in [2.05, 4.69) is 25.6 Å². The van der Waals surface area contributed by atoms with E-state index in [1.54, 1.807) is 12.4 Å². The van der Waals surface area contributed by atoms with Crippen LogP contribution < -0.4 is 4.90 Å². The van der Waals surface area contributed by atoms with Gasteiger partial charge in [0.15, 0.2) is 0 Å². The quantitative estimate of drug-likeness (QED) is 0.795. The number of anilines is 1. The van der Waals surface area contributed by atoms with Gasteiger partial charge in [-0.15, -0.1) is 10.2 Å². The molecule has 0 radical (unpaired) electrons. The lowest BCUT2D eigenvalue weighted by atomic mass is 10.0. The summed E-state index contributed by atoms with van der Waals surface area (Å²) in [5, 5.41) is 14.4. The number of H-pyrrole nitrogens is 1. The minimum atomic E-state index is -0.0368. The van der Waals surface area contributed by atoms with Crippen molar-refractivity contribution in [2.24, 2.45) is 4.99 Å². The van der Waals surface area contributed by atoms with Crippen LogP contribution in [0.4, 0.5) is 5.69 Å². The first-order valence-electron chi connectivity index (χ1n) is 7.18. The van der Waals surface area contributed by atoms with Crippen LogP contribution in [0.3, 0.4) is 0 Å². The third-order valence-electron chi connectivity index (χ3n) is 3.72. The summed E-state index contributed by atoms with van der Waals surface area (Å²) in [4.78, 5) is 17.2. The van der Waals surface area contributed by atoms with Crippen LogP contribution in [0.25, 0.3) is 22.5 Å². The van der Waals surface area contributed by atoms with Crippen LogP contribution >= 0.6 is 11.6 Å². The van der Waals surface area contributed by atoms with Gasteiger partial charge < -0.3 is 0 Å². The Morgan fingerprint density at radius 1 is 1.08 bits per heavy atom. The van der Waals surface area contributed by atoms with Crippen LogP contribution in [0, 0.1) is 0 Å². The molecule has 0 aliphatic carbocycles. The Kier molecular flexibility index (Phi) is 3.55. The van der Waals surface area contributed by atoms with Crippen LogP contribution in [0.1, 0.15) is 0 Å². The normalized spacial score (nSPS) is 13.7. The zero-order valence-corrected chi connectivity index (χ0v) is 13.1. The molecule has 1 amide bonds. The maximum Gasteiger partial charge on any atom is 0.253 e. The van der Waals surface area contributed by atoms with Gasteiger partial charge in [0.2, 0.25) is 5.82 Å². The molecule has 4 rings (SSSR count). The van der Waals surface area contributed by atoms with E-state index in [9.17, 15) is 4.79 Å². The van der Waals surface area contributed by atoms with Crippen LogP contribution in [0.5, 0.6) is 0 Å². The first kappa shape index (κ1) is 14.5. The van der Waals surface area contributed by atoms with Crippen LogP contribution in [-0.2, 0) is 4.79 Å². The van der Waals surface area contributed by atoms with E-state index in [0.717, 1.165) is 22.4 Å². The molecular weight excluding hydrogens is 328 g/mol. The molecule has 0 saturated heterocycles. The molecule has 0 bridgehead atoms. The Bertz CT molecular complexity index is 920. The van der Waals surface area contributed by atoms with Crippen molar-refractivity contribution in [3.05, 3.63) is 47.5 Å². The highest BCUT2D eigenvalue weighted by molar-refractivity contribution is 6.33. The maximum atomic E-state index is 11.7. The smallest absolute Gasteiger partial charge is 0.253 e. The van der Waals surface area contributed by atoms with Crippen molar-refractivity contribution in [1.29, 1.82) is 0 Å². The summed E-state index contributed by atoms with van der Waals surface area (Å²) < 4.78 is 0. The number of carbonyl (C=O) groups excluding carboxylic acids is 1. The van der Waals surface area contributed by atoms with E-state index < -0.39 is 0 Å². The minimum absolute atomic E-state index is 0.0368. The third-order valence-corrected chi connectivity index (χ3v) is 4.03. The number of aromatic nitrogens is 4. The fourth-order valence-electron chi connectivity index (χ4n) is 2.53. The number of tetrazole rings is 1. The van der Waals surface area contributed by atoms with Gasteiger partial charge in [0.25, 0.3) is 5.91 Å². The zero-order valence-electron chi connectivity index (χ0n) is 12.3. The van der Waals surface area contributed by atoms with E-state index in [1.165, 1.54) is 4.90 Å². The maximum absolute atomic E-state index is 11.7. The molecule has 7 nitrogen and oxygen atoms in total. The standard InChI is InChI=1S/C16H11ClN6O/c17-14-7-11(16-19-21-22-20-16)3-6-13(14)10-1-4-12(5-2-10)23-9-18-8-15(23)24/h1-7,9H,8H2,(H,19,20,21,22). The van der Waals surface area contributed by atoms with Crippen molar-refractivity contribution in [2.75, 3.05) is 11.4 Å². The molecule has 0 unspecified atom stereocenters. The summed E-state index contributed by atoms with van der Waals surface area (Å²) in [6.45, 7) is 0.200. The summed E-state index contributed by atoms with van der Waals surface area (Å²) in [6, 6.07) is 13.2. The topological polar surface area (TPSA) is 87.1 Å². The van der Waals surface area contributed by atoms with Gasteiger partial charge >= 0.3 is 0 Å². The summed E-state index contributed by atoms with van der Waals surface area (Å²) >= 11 is 6.40. The van der Waals surface area contributed by atoms with Gasteiger partial charge in [-0.3, -0.25) is 14.7 Å². The average molecular weight is 339 g/mol. The highest BCUT2D eigenvalue weighted by Gasteiger charge is 2.18. The van der Waals surface area contributed by atoms with E-state index >= 15 is 0 Å². The number of nitrogens with zero attached hydrogens (tertiary/aromatic N) is 5. The van der Waals surface area contributed by atoms with E-state index in [4.69, 9.17) is 11.6 Å². The molecule has 3 aromatic rings. The average Bonchev–Trinajstić information content (AvgIpc) is 3.27. The highest BCUT2D eigenvalue weighted by Crippen LogP contribution is 2.32. The number of carbonyl (C=O) groups is 1. The van der Waals surface area contributed by atoms with Crippen LogP contribution in [-0.4, -0.2) is 39.4 Å². The second-order valence-electron chi connectivity index (χ2n) is 5.20. The van der Waals surface area contributed by atoms with Gasteiger partial charge in [0.1, 0.15) is 6.54 Å². The summed E-state index contributed by atoms with van der Waals surface area (Å²) in [5.74, 6) is 0.455. The van der Waals surface area contributed by atoms with Gasteiger partial charge in [-0.05, 0) is 29.0 Å².